The lowest BCUT2D eigenvalue weighted by Gasteiger charge is -2.10. The van der Waals surface area contributed by atoms with Gasteiger partial charge in [0.25, 0.3) is 0 Å². The summed E-state index contributed by atoms with van der Waals surface area (Å²) in [5.41, 5.74) is 19.3. The highest BCUT2D eigenvalue weighted by Gasteiger charge is 2.26. The van der Waals surface area contributed by atoms with Gasteiger partial charge in [-0.2, -0.15) is 0 Å². The predicted molar refractivity (Wildman–Crippen MR) is 330 cm³/mol. The van der Waals surface area contributed by atoms with E-state index in [-0.39, 0.29) is 0 Å². The van der Waals surface area contributed by atoms with Gasteiger partial charge >= 0.3 is 0 Å². The lowest BCUT2D eigenvalue weighted by Crippen LogP contribution is -1.92. The van der Waals surface area contributed by atoms with Crippen LogP contribution in [0.15, 0.2) is 267 Å². The molecule has 18 aromatic rings. The topological polar surface area (TPSA) is 19.2 Å². The molecule has 0 unspecified atom stereocenters. The first-order valence-corrected chi connectivity index (χ1v) is 27.0. The lowest BCUT2D eigenvalue weighted by molar-refractivity contribution is 1.18. The van der Waals surface area contributed by atoms with Crippen molar-refractivity contribution in [2.75, 3.05) is 0 Å². The summed E-state index contributed by atoms with van der Waals surface area (Å²) in [5, 5.41) is 17.6. The van der Waals surface area contributed by atoms with Crippen LogP contribution in [0.4, 0.5) is 0 Å². The SMILES string of the molecule is c1ccc(-n2c3ccccc3c3cc(-c4ccc5cc6c7cc8c(c9ccccc9n8-c8ccccc8)c8c9cc%10ccc(-c%11ccc%12c(c%11)c%11ccccc%11n%12-c%11ccccc%11)cc%10cc9n(c6cc5c4)c78)ccc32)cc1. The zero-order valence-corrected chi connectivity index (χ0v) is 42.2. The Morgan fingerprint density at radius 3 is 1.10 bits per heavy atom. The van der Waals surface area contributed by atoms with Gasteiger partial charge in [0.1, 0.15) is 0 Å². The van der Waals surface area contributed by atoms with E-state index in [0.29, 0.717) is 0 Å². The van der Waals surface area contributed by atoms with E-state index in [9.17, 15) is 0 Å². The fourth-order valence-corrected chi connectivity index (χ4v) is 13.8. The van der Waals surface area contributed by atoms with E-state index in [4.69, 9.17) is 0 Å². The number of benzene rings is 13. The summed E-state index contributed by atoms with van der Waals surface area (Å²) >= 11 is 0. The molecule has 13 aromatic carbocycles. The largest absolute Gasteiger partial charge is 0.309 e. The Hall–Kier alpha value is -10.4. The van der Waals surface area contributed by atoms with Crippen LogP contribution in [0.1, 0.15) is 0 Å². The zero-order valence-electron chi connectivity index (χ0n) is 42.2. The molecule has 5 aromatic heterocycles. The standard InChI is InChI=1S/C74H44N4/c1-4-16-53(17-5-1)75-64-25-13-10-22-56(64)59-38-47(32-34-67(59)75)45-28-30-49-40-61-62-44-71-72(58-24-12-15-27-66(58)77(71)55-20-8-3-9-21-55)73-63-41-50-31-29-46(37-52(50)43-70(63)78(74(62)73)69(61)42-51(49)36-45)48-33-35-68-60(39-48)57-23-11-14-26-65(57)76(68)54-18-6-2-7-19-54/h1-44H. The van der Waals surface area contributed by atoms with Gasteiger partial charge in [-0.05, 0) is 165 Å². The van der Waals surface area contributed by atoms with Crippen LogP contribution >= 0.6 is 0 Å². The highest BCUT2D eigenvalue weighted by atomic mass is 15.0. The second kappa shape index (κ2) is 15.6. The Morgan fingerprint density at radius 1 is 0.192 bits per heavy atom. The van der Waals surface area contributed by atoms with E-state index in [2.05, 4.69) is 285 Å². The molecular formula is C74H44N4. The second-order valence-corrected chi connectivity index (χ2v) is 21.3. The van der Waals surface area contributed by atoms with Gasteiger partial charge < -0.3 is 18.1 Å². The molecule has 18 rings (SSSR count). The first-order valence-electron chi connectivity index (χ1n) is 27.0. The Balaban J connectivity index is 0.880. The molecule has 0 bridgehead atoms. The van der Waals surface area contributed by atoms with Crippen molar-refractivity contribution in [3.8, 4) is 39.3 Å². The van der Waals surface area contributed by atoms with Gasteiger partial charge in [-0.1, -0.05) is 146 Å². The van der Waals surface area contributed by atoms with Crippen LogP contribution in [0.3, 0.4) is 0 Å². The van der Waals surface area contributed by atoms with Gasteiger partial charge in [0.2, 0.25) is 0 Å². The van der Waals surface area contributed by atoms with Crippen molar-refractivity contribution in [2.24, 2.45) is 0 Å². The van der Waals surface area contributed by atoms with Gasteiger partial charge in [-0.25, -0.2) is 0 Å². The molecule has 0 aliphatic heterocycles. The normalized spacial score (nSPS) is 12.4. The molecule has 78 heavy (non-hydrogen) atoms. The Bertz CT molecular complexity index is 5540. The summed E-state index contributed by atoms with van der Waals surface area (Å²) in [4.78, 5) is 0. The summed E-state index contributed by atoms with van der Waals surface area (Å²) in [6.45, 7) is 0. The van der Waals surface area contributed by atoms with Gasteiger partial charge in [0, 0.05) is 70.9 Å². The third-order valence-corrected chi connectivity index (χ3v) is 17.2. The van der Waals surface area contributed by atoms with Crippen molar-refractivity contribution >= 4 is 125 Å². The molecule has 4 nitrogen and oxygen atoms in total. The van der Waals surface area contributed by atoms with Crippen LogP contribution in [0.5, 0.6) is 0 Å². The third kappa shape index (κ3) is 5.72. The molecule has 0 saturated carbocycles. The Kier molecular flexibility index (Phi) is 8.36. The van der Waals surface area contributed by atoms with E-state index in [1.54, 1.807) is 0 Å². The molecule has 0 aliphatic carbocycles. The van der Waals surface area contributed by atoms with Gasteiger partial charge in [0.15, 0.2) is 0 Å². The minimum atomic E-state index is 1.16. The van der Waals surface area contributed by atoms with E-state index >= 15 is 0 Å². The van der Waals surface area contributed by atoms with Crippen LogP contribution in [0.2, 0.25) is 0 Å². The van der Waals surface area contributed by atoms with E-state index < -0.39 is 0 Å². The quantitative estimate of drug-likeness (QED) is 0.164. The molecule has 5 heterocycles. The monoisotopic (exact) mass is 988 g/mol. The smallest absolute Gasteiger partial charge is 0.0628 e. The van der Waals surface area contributed by atoms with Gasteiger partial charge in [-0.3, -0.25) is 0 Å². The summed E-state index contributed by atoms with van der Waals surface area (Å²) in [5.74, 6) is 0. The summed E-state index contributed by atoms with van der Waals surface area (Å²) in [6, 6.07) is 99.3. The summed E-state index contributed by atoms with van der Waals surface area (Å²) in [7, 11) is 0. The third-order valence-electron chi connectivity index (χ3n) is 17.2. The first kappa shape index (κ1) is 41.9. The Morgan fingerprint density at radius 2 is 0.577 bits per heavy atom. The fraction of sp³-hybridized carbons (Fsp3) is 0. The predicted octanol–water partition coefficient (Wildman–Crippen LogP) is 19.8. The minimum Gasteiger partial charge on any atom is -0.309 e. The molecule has 0 amide bonds. The molecule has 0 spiro atoms. The van der Waals surface area contributed by atoms with Crippen LogP contribution in [-0.4, -0.2) is 18.1 Å². The lowest BCUT2D eigenvalue weighted by atomic mass is 9.96. The van der Waals surface area contributed by atoms with Gasteiger partial charge in [-0.15, -0.1) is 0 Å². The second-order valence-electron chi connectivity index (χ2n) is 21.3. The van der Waals surface area contributed by atoms with Crippen molar-refractivity contribution in [1.82, 2.24) is 18.1 Å². The number of fused-ring (bicyclic) bond motifs is 18. The molecule has 0 saturated heterocycles. The van der Waals surface area contributed by atoms with Crippen molar-refractivity contribution in [3.05, 3.63) is 267 Å². The number of nitrogens with zero attached hydrogens (tertiary/aromatic N) is 4. The molecular weight excluding hydrogens is 945 g/mol. The molecule has 360 valence electrons. The average molecular weight is 989 g/mol. The molecule has 0 radical (unpaired) electrons. The Labute approximate surface area is 447 Å². The van der Waals surface area contributed by atoms with Crippen LogP contribution in [0.25, 0.3) is 164 Å². The van der Waals surface area contributed by atoms with Crippen molar-refractivity contribution in [3.63, 3.8) is 0 Å². The molecule has 0 aliphatic rings. The molecule has 4 heteroatoms. The van der Waals surface area contributed by atoms with Crippen molar-refractivity contribution < 1.29 is 0 Å². The maximum Gasteiger partial charge on any atom is 0.0628 e. The van der Waals surface area contributed by atoms with Crippen molar-refractivity contribution in [2.45, 2.75) is 0 Å². The number of hydrogen-bond donors (Lipinski definition) is 0. The van der Waals surface area contributed by atoms with Crippen LogP contribution in [-0.2, 0) is 0 Å². The summed E-state index contributed by atoms with van der Waals surface area (Å²) < 4.78 is 9.85. The summed E-state index contributed by atoms with van der Waals surface area (Å²) in [6.07, 6.45) is 0. The van der Waals surface area contributed by atoms with E-state index in [1.807, 2.05) is 0 Å². The average Bonchev–Trinajstić information content (AvgIpc) is 3.99. The molecule has 0 N–H and O–H groups in total. The highest BCUT2D eigenvalue weighted by molar-refractivity contribution is 6.37. The molecule has 0 atom stereocenters. The number of hydrogen-bond acceptors (Lipinski definition) is 0. The fourth-order valence-electron chi connectivity index (χ4n) is 13.8. The van der Waals surface area contributed by atoms with E-state index in [1.165, 1.54) is 159 Å². The van der Waals surface area contributed by atoms with Crippen molar-refractivity contribution in [1.29, 1.82) is 0 Å². The minimum absolute atomic E-state index is 1.16. The number of aromatic nitrogens is 4. The number of rotatable bonds is 5. The zero-order chi connectivity index (χ0) is 50.7. The van der Waals surface area contributed by atoms with E-state index in [0.717, 1.165) is 5.69 Å². The highest BCUT2D eigenvalue weighted by Crippen LogP contribution is 2.49. The maximum absolute atomic E-state index is 2.59. The molecule has 0 fully saturated rings. The number of para-hydroxylation sites is 6. The van der Waals surface area contributed by atoms with Crippen LogP contribution in [0, 0.1) is 0 Å². The first-order chi connectivity index (χ1) is 38.7. The van der Waals surface area contributed by atoms with Gasteiger partial charge in [0.05, 0.1) is 49.7 Å². The maximum atomic E-state index is 2.59. The van der Waals surface area contributed by atoms with Crippen LogP contribution < -0.4 is 0 Å².